The normalized spacial score (nSPS) is 22.2. The maximum Gasteiger partial charge on any atom is 0.236 e. The van der Waals surface area contributed by atoms with Crippen molar-refractivity contribution in [3.05, 3.63) is 29.8 Å². The molecule has 0 unspecified atom stereocenters. The number of benzene rings is 1. The predicted octanol–water partition coefficient (Wildman–Crippen LogP) is 0.183. The van der Waals surface area contributed by atoms with Gasteiger partial charge in [0.05, 0.1) is 26.3 Å². The quantitative estimate of drug-likeness (QED) is 0.812. The van der Waals surface area contributed by atoms with Gasteiger partial charge in [0, 0.05) is 6.54 Å². The maximum absolute atomic E-state index is 12.0. The van der Waals surface area contributed by atoms with Crippen molar-refractivity contribution in [1.82, 2.24) is 10.2 Å². The van der Waals surface area contributed by atoms with Gasteiger partial charge in [0.1, 0.15) is 18.0 Å². The van der Waals surface area contributed by atoms with E-state index in [1.54, 1.807) is 11.9 Å². The topological polar surface area (TPSA) is 71.0 Å². The number of amides is 1. The van der Waals surface area contributed by atoms with E-state index in [4.69, 9.17) is 9.47 Å². The van der Waals surface area contributed by atoms with Crippen molar-refractivity contribution >= 4 is 5.91 Å². The summed E-state index contributed by atoms with van der Waals surface area (Å²) in [7, 11) is 1.72. The first-order valence-electron chi connectivity index (χ1n) is 7.44. The van der Waals surface area contributed by atoms with Crippen LogP contribution >= 0.6 is 0 Å². The first-order valence-corrected chi connectivity index (χ1v) is 7.44. The Bertz CT molecular complexity index is 491. The summed E-state index contributed by atoms with van der Waals surface area (Å²) in [6.07, 6.45) is 0. The molecule has 22 heavy (non-hydrogen) atoms. The number of nitrogens with one attached hydrogen (secondary N) is 1. The van der Waals surface area contributed by atoms with Crippen molar-refractivity contribution in [1.29, 1.82) is 0 Å². The molecule has 2 N–H and O–H groups in total. The standard InChI is InChI=1S/C16H24N2O4/c1-13-3-5-14(6-4-13)22-12-16(20)10-18(7-8-21-11-16)15(19)9-17-2/h3-6,17,20H,7-12H2,1-2H3/t16-/m0/s1. The van der Waals surface area contributed by atoms with Gasteiger partial charge in [0.2, 0.25) is 5.91 Å². The molecule has 0 aliphatic carbocycles. The van der Waals surface area contributed by atoms with E-state index in [1.165, 1.54) is 0 Å². The van der Waals surface area contributed by atoms with Crippen LogP contribution in [0, 0.1) is 6.92 Å². The van der Waals surface area contributed by atoms with Crippen LogP contribution in [0.25, 0.3) is 0 Å². The van der Waals surface area contributed by atoms with E-state index in [2.05, 4.69) is 5.32 Å². The summed E-state index contributed by atoms with van der Waals surface area (Å²) in [6.45, 7) is 3.59. The lowest BCUT2D eigenvalue weighted by Gasteiger charge is -2.30. The highest BCUT2D eigenvalue weighted by atomic mass is 16.5. The number of likely N-dealkylation sites (N-methyl/N-ethyl adjacent to an activating group) is 1. The Balaban J connectivity index is 1.97. The zero-order valence-corrected chi connectivity index (χ0v) is 13.2. The third-order valence-corrected chi connectivity index (χ3v) is 3.57. The Morgan fingerprint density at radius 1 is 1.45 bits per heavy atom. The zero-order chi connectivity index (χ0) is 16.0. The van der Waals surface area contributed by atoms with Crippen LogP contribution in [-0.2, 0) is 9.53 Å². The minimum absolute atomic E-state index is 0.0539. The van der Waals surface area contributed by atoms with Gasteiger partial charge in [-0.1, -0.05) is 17.7 Å². The lowest BCUT2D eigenvalue weighted by molar-refractivity contribution is -0.133. The molecule has 2 rings (SSSR count). The number of aliphatic hydroxyl groups is 1. The van der Waals surface area contributed by atoms with E-state index in [1.807, 2.05) is 31.2 Å². The SMILES string of the molecule is CNCC(=O)N1CCOC[C@](O)(COc2ccc(C)cc2)C1. The molecule has 6 heteroatoms. The third-order valence-electron chi connectivity index (χ3n) is 3.57. The molecular formula is C16H24N2O4. The maximum atomic E-state index is 12.0. The van der Waals surface area contributed by atoms with E-state index in [0.717, 1.165) is 5.56 Å². The first kappa shape index (κ1) is 16.7. The summed E-state index contributed by atoms with van der Waals surface area (Å²) in [5.74, 6) is 0.637. The number of hydrogen-bond donors (Lipinski definition) is 2. The fraction of sp³-hybridized carbons (Fsp3) is 0.562. The van der Waals surface area contributed by atoms with Gasteiger partial charge in [-0.15, -0.1) is 0 Å². The third kappa shape index (κ3) is 4.69. The number of ether oxygens (including phenoxy) is 2. The molecule has 122 valence electrons. The number of nitrogens with zero attached hydrogens (tertiary/aromatic N) is 1. The van der Waals surface area contributed by atoms with Gasteiger partial charge < -0.3 is 24.8 Å². The van der Waals surface area contributed by atoms with Gasteiger partial charge in [0.15, 0.2) is 0 Å². The van der Waals surface area contributed by atoms with Crippen molar-refractivity contribution < 1.29 is 19.4 Å². The van der Waals surface area contributed by atoms with Gasteiger partial charge in [-0.25, -0.2) is 0 Å². The second-order valence-electron chi connectivity index (χ2n) is 5.72. The van der Waals surface area contributed by atoms with E-state index >= 15 is 0 Å². The summed E-state index contributed by atoms with van der Waals surface area (Å²) in [4.78, 5) is 13.6. The van der Waals surface area contributed by atoms with Crippen LogP contribution in [0.1, 0.15) is 5.56 Å². The molecule has 0 radical (unpaired) electrons. The minimum Gasteiger partial charge on any atom is -0.490 e. The zero-order valence-electron chi connectivity index (χ0n) is 13.2. The Morgan fingerprint density at radius 3 is 2.86 bits per heavy atom. The Hall–Kier alpha value is -1.63. The second kappa shape index (κ2) is 7.58. The van der Waals surface area contributed by atoms with Crippen LogP contribution in [-0.4, -0.2) is 68.0 Å². The molecule has 0 aromatic heterocycles. The fourth-order valence-electron chi connectivity index (χ4n) is 2.33. The number of aryl methyl sites for hydroxylation is 1. The molecule has 1 saturated heterocycles. The Labute approximate surface area is 131 Å². The van der Waals surface area contributed by atoms with Crippen LogP contribution in [0.5, 0.6) is 5.75 Å². The molecule has 1 aromatic rings. The number of carbonyl (C=O) groups is 1. The minimum atomic E-state index is -1.20. The summed E-state index contributed by atoms with van der Waals surface area (Å²) < 4.78 is 11.1. The molecule has 1 heterocycles. The predicted molar refractivity (Wildman–Crippen MR) is 82.9 cm³/mol. The Morgan fingerprint density at radius 2 is 2.18 bits per heavy atom. The van der Waals surface area contributed by atoms with Crippen molar-refractivity contribution in [2.75, 3.05) is 46.5 Å². The summed E-state index contributed by atoms with van der Waals surface area (Å²) in [5, 5.41) is 13.5. The van der Waals surface area contributed by atoms with Gasteiger partial charge in [0.25, 0.3) is 0 Å². The van der Waals surface area contributed by atoms with Gasteiger partial charge in [-0.3, -0.25) is 4.79 Å². The molecule has 6 nitrogen and oxygen atoms in total. The number of rotatable bonds is 5. The highest BCUT2D eigenvalue weighted by molar-refractivity contribution is 5.78. The van der Waals surface area contributed by atoms with E-state index in [0.29, 0.717) is 18.9 Å². The van der Waals surface area contributed by atoms with Crippen molar-refractivity contribution in [3.8, 4) is 5.75 Å². The monoisotopic (exact) mass is 308 g/mol. The molecule has 0 spiro atoms. The van der Waals surface area contributed by atoms with E-state index < -0.39 is 5.60 Å². The first-order chi connectivity index (χ1) is 10.5. The van der Waals surface area contributed by atoms with Gasteiger partial charge >= 0.3 is 0 Å². The molecule has 0 saturated carbocycles. The summed E-state index contributed by atoms with van der Waals surface area (Å²) in [6, 6.07) is 7.62. The van der Waals surface area contributed by atoms with E-state index in [-0.39, 0.29) is 32.2 Å². The molecule has 1 atom stereocenters. The van der Waals surface area contributed by atoms with E-state index in [9.17, 15) is 9.90 Å². The molecule has 0 bridgehead atoms. The number of β-amino-alcohol motifs (C(OH)–C–C–N with tert-alkyl or cyclic N) is 1. The lowest BCUT2D eigenvalue weighted by Crippen LogP contribution is -2.51. The Kier molecular flexibility index (Phi) is 5.76. The second-order valence-corrected chi connectivity index (χ2v) is 5.72. The average molecular weight is 308 g/mol. The van der Waals surface area contributed by atoms with Crippen molar-refractivity contribution in [2.45, 2.75) is 12.5 Å². The highest BCUT2D eigenvalue weighted by Gasteiger charge is 2.35. The molecule has 1 aliphatic rings. The smallest absolute Gasteiger partial charge is 0.236 e. The van der Waals surface area contributed by atoms with Crippen LogP contribution in [0.3, 0.4) is 0 Å². The van der Waals surface area contributed by atoms with Crippen LogP contribution in [0.2, 0.25) is 0 Å². The summed E-state index contributed by atoms with van der Waals surface area (Å²) in [5.41, 5.74) is -0.0576. The van der Waals surface area contributed by atoms with Gasteiger partial charge in [-0.2, -0.15) is 0 Å². The lowest BCUT2D eigenvalue weighted by atomic mass is 10.1. The van der Waals surface area contributed by atoms with Gasteiger partial charge in [-0.05, 0) is 26.1 Å². The molecule has 1 amide bonds. The molecule has 1 aromatic carbocycles. The highest BCUT2D eigenvalue weighted by Crippen LogP contribution is 2.17. The van der Waals surface area contributed by atoms with Crippen LogP contribution in [0.15, 0.2) is 24.3 Å². The average Bonchev–Trinajstić information content (AvgIpc) is 2.70. The number of hydrogen-bond acceptors (Lipinski definition) is 5. The molecule has 1 fully saturated rings. The van der Waals surface area contributed by atoms with Crippen LogP contribution < -0.4 is 10.1 Å². The van der Waals surface area contributed by atoms with Crippen molar-refractivity contribution in [3.63, 3.8) is 0 Å². The summed E-state index contributed by atoms with van der Waals surface area (Å²) >= 11 is 0. The largest absolute Gasteiger partial charge is 0.490 e. The fourth-order valence-corrected chi connectivity index (χ4v) is 2.33. The number of carbonyl (C=O) groups excluding carboxylic acids is 1. The van der Waals surface area contributed by atoms with Crippen LogP contribution in [0.4, 0.5) is 0 Å². The van der Waals surface area contributed by atoms with Crippen molar-refractivity contribution in [2.24, 2.45) is 0 Å². The molecular weight excluding hydrogens is 284 g/mol. The molecule has 1 aliphatic heterocycles.